The molecule has 0 aromatic heterocycles. The molecule has 0 bridgehead atoms. The van der Waals surface area contributed by atoms with Gasteiger partial charge in [0.2, 0.25) is 0 Å². The summed E-state index contributed by atoms with van der Waals surface area (Å²) < 4.78 is 70.9. The van der Waals surface area contributed by atoms with Crippen LogP contribution < -0.4 is 0 Å². The Morgan fingerprint density at radius 3 is 2.04 bits per heavy atom. The van der Waals surface area contributed by atoms with Crippen LogP contribution in [0.5, 0.6) is 0 Å². The maximum Gasteiger partial charge on any atom is 0.379 e. The number of carbonyl (C=O) groups is 2. The molecule has 1 unspecified atom stereocenters. The Morgan fingerprint density at radius 1 is 1.08 bits per heavy atom. The average molecular weight is 404 g/mol. The van der Waals surface area contributed by atoms with E-state index in [0.29, 0.717) is 6.42 Å². The summed E-state index contributed by atoms with van der Waals surface area (Å²) in [5.74, 6) is -3.95. The molecular formula is C15H26F2O8S. The van der Waals surface area contributed by atoms with Crippen LogP contribution >= 0.6 is 0 Å². The maximum absolute atomic E-state index is 13.2. The molecule has 0 aliphatic carbocycles. The lowest BCUT2D eigenvalue weighted by Crippen LogP contribution is -2.47. The van der Waals surface area contributed by atoms with Gasteiger partial charge in [0.15, 0.2) is 0 Å². The van der Waals surface area contributed by atoms with Crippen LogP contribution in [0.25, 0.3) is 0 Å². The van der Waals surface area contributed by atoms with Crippen molar-refractivity contribution in [2.75, 3.05) is 13.2 Å². The molecule has 1 N–H and O–H groups in total. The monoisotopic (exact) mass is 404 g/mol. The molecule has 0 aromatic carbocycles. The van der Waals surface area contributed by atoms with Crippen molar-refractivity contribution in [2.45, 2.75) is 64.9 Å². The molecule has 0 amide bonds. The van der Waals surface area contributed by atoms with Crippen LogP contribution in [0.3, 0.4) is 0 Å². The quantitative estimate of drug-likeness (QED) is 0.242. The van der Waals surface area contributed by atoms with E-state index in [1.807, 2.05) is 0 Å². The van der Waals surface area contributed by atoms with Crippen LogP contribution in [0.1, 0.15) is 53.9 Å². The van der Waals surface area contributed by atoms with Gasteiger partial charge in [0, 0.05) is 13.3 Å². The van der Waals surface area contributed by atoms with E-state index < -0.39 is 58.0 Å². The molecule has 0 radical (unpaired) electrons. The van der Waals surface area contributed by atoms with Crippen molar-refractivity contribution in [1.29, 1.82) is 0 Å². The molecule has 0 saturated heterocycles. The standard InChI is InChI=1S/C15H26F2O8S/c1-6-13(3,4)11(18)25-14(5,12(19)23-7-2)24-10-8-9-15(16,17)26(20,21)22/h6-10H2,1-5H3,(H,20,21,22). The summed E-state index contributed by atoms with van der Waals surface area (Å²) in [5, 5.41) is -4.35. The Hall–Kier alpha value is -1.33. The van der Waals surface area contributed by atoms with Gasteiger partial charge in [0.25, 0.3) is 0 Å². The molecule has 0 aliphatic rings. The second-order valence-corrected chi connectivity index (χ2v) is 7.90. The van der Waals surface area contributed by atoms with E-state index in [1.165, 1.54) is 6.92 Å². The van der Waals surface area contributed by atoms with Crippen LogP contribution in [0, 0.1) is 5.41 Å². The lowest BCUT2D eigenvalue weighted by Gasteiger charge is -2.31. The summed E-state index contributed by atoms with van der Waals surface area (Å²) >= 11 is 0. The molecule has 0 spiro atoms. The van der Waals surface area contributed by atoms with Gasteiger partial charge in [-0.25, -0.2) is 4.79 Å². The molecule has 26 heavy (non-hydrogen) atoms. The van der Waals surface area contributed by atoms with Crippen molar-refractivity contribution >= 4 is 22.1 Å². The Labute approximate surface area is 151 Å². The summed E-state index contributed by atoms with van der Waals surface area (Å²) in [4.78, 5) is 24.3. The lowest BCUT2D eigenvalue weighted by atomic mass is 9.90. The molecule has 154 valence electrons. The zero-order chi connectivity index (χ0) is 20.8. The third-order valence-electron chi connectivity index (χ3n) is 3.74. The van der Waals surface area contributed by atoms with E-state index >= 15 is 0 Å². The van der Waals surface area contributed by atoms with Crippen molar-refractivity contribution in [2.24, 2.45) is 5.41 Å². The van der Waals surface area contributed by atoms with E-state index in [2.05, 4.69) is 0 Å². The van der Waals surface area contributed by atoms with Crippen LogP contribution in [-0.2, 0) is 33.9 Å². The molecule has 0 rings (SSSR count). The summed E-state index contributed by atoms with van der Waals surface area (Å²) in [6.07, 6.45) is -1.36. The van der Waals surface area contributed by atoms with Crippen molar-refractivity contribution in [3.8, 4) is 0 Å². The number of halogens is 2. The first-order chi connectivity index (χ1) is 11.6. The highest BCUT2D eigenvalue weighted by Gasteiger charge is 2.45. The van der Waals surface area contributed by atoms with E-state index in [1.54, 1.807) is 20.8 Å². The Bertz CT molecular complexity index is 603. The zero-order valence-electron chi connectivity index (χ0n) is 15.5. The molecule has 0 saturated carbocycles. The number of hydrogen-bond donors (Lipinski definition) is 1. The normalized spacial score (nSPS) is 15.2. The van der Waals surface area contributed by atoms with Gasteiger partial charge in [-0.15, -0.1) is 0 Å². The van der Waals surface area contributed by atoms with Crippen LogP contribution in [0.15, 0.2) is 0 Å². The molecule has 0 aliphatic heterocycles. The van der Waals surface area contributed by atoms with E-state index in [9.17, 15) is 26.8 Å². The van der Waals surface area contributed by atoms with Crippen molar-refractivity contribution in [3.63, 3.8) is 0 Å². The fourth-order valence-corrected chi connectivity index (χ4v) is 1.93. The number of hydrogen-bond acceptors (Lipinski definition) is 7. The summed E-state index contributed by atoms with van der Waals surface area (Å²) in [6, 6.07) is 0. The van der Waals surface area contributed by atoms with Crippen molar-refractivity contribution < 1.29 is 45.6 Å². The minimum absolute atomic E-state index is 0.0344. The zero-order valence-corrected chi connectivity index (χ0v) is 16.3. The third kappa shape index (κ3) is 6.76. The van der Waals surface area contributed by atoms with Crippen molar-refractivity contribution in [3.05, 3.63) is 0 Å². The van der Waals surface area contributed by atoms with E-state index in [4.69, 9.17) is 18.8 Å². The molecule has 1 atom stereocenters. The predicted molar refractivity (Wildman–Crippen MR) is 86.9 cm³/mol. The lowest BCUT2D eigenvalue weighted by molar-refractivity contribution is -0.242. The van der Waals surface area contributed by atoms with Gasteiger partial charge in [0.1, 0.15) is 0 Å². The molecular weight excluding hydrogens is 378 g/mol. The third-order valence-corrected chi connectivity index (χ3v) is 4.70. The fourth-order valence-electron chi connectivity index (χ4n) is 1.53. The summed E-state index contributed by atoms with van der Waals surface area (Å²) in [7, 11) is -5.55. The number of rotatable bonds is 11. The summed E-state index contributed by atoms with van der Waals surface area (Å²) in [5.41, 5.74) is -0.922. The van der Waals surface area contributed by atoms with Gasteiger partial charge in [-0.2, -0.15) is 17.2 Å². The summed E-state index contributed by atoms with van der Waals surface area (Å²) in [6.45, 7) is 6.97. The fraction of sp³-hybridized carbons (Fsp3) is 0.867. The van der Waals surface area contributed by atoms with Gasteiger partial charge in [-0.05, 0) is 33.6 Å². The SMILES string of the molecule is CCOC(=O)C(C)(OCCCC(F)(F)S(=O)(=O)O)OC(=O)C(C)(C)CC. The molecule has 11 heteroatoms. The Balaban J connectivity index is 5.06. The molecule has 0 fully saturated rings. The van der Waals surface area contributed by atoms with E-state index in [0.717, 1.165) is 6.92 Å². The van der Waals surface area contributed by atoms with Gasteiger partial charge in [-0.3, -0.25) is 9.35 Å². The van der Waals surface area contributed by atoms with Crippen molar-refractivity contribution in [1.82, 2.24) is 0 Å². The smallest absolute Gasteiger partial charge is 0.379 e. The first kappa shape index (κ1) is 24.7. The number of ether oxygens (including phenoxy) is 3. The van der Waals surface area contributed by atoms with E-state index in [-0.39, 0.29) is 6.61 Å². The predicted octanol–water partition coefficient (Wildman–Crippen LogP) is 2.52. The first-order valence-corrected chi connectivity index (χ1v) is 9.46. The first-order valence-electron chi connectivity index (χ1n) is 8.02. The number of alkyl halides is 2. The van der Waals surface area contributed by atoms with Crippen LogP contribution in [0.4, 0.5) is 8.78 Å². The van der Waals surface area contributed by atoms with Crippen LogP contribution in [-0.4, -0.2) is 49.2 Å². The minimum atomic E-state index is -5.55. The highest BCUT2D eigenvalue weighted by Crippen LogP contribution is 2.29. The number of esters is 2. The minimum Gasteiger partial charge on any atom is -0.461 e. The second kappa shape index (κ2) is 9.05. The molecule has 0 aromatic rings. The Kier molecular flexibility index (Phi) is 8.58. The molecule has 0 heterocycles. The highest BCUT2D eigenvalue weighted by atomic mass is 32.2. The largest absolute Gasteiger partial charge is 0.461 e. The topological polar surface area (TPSA) is 116 Å². The van der Waals surface area contributed by atoms with Gasteiger partial charge in [-0.1, -0.05) is 6.92 Å². The second-order valence-electron chi connectivity index (χ2n) is 6.36. The van der Waals surface area contributed by atoms with Gasteiger partial charge < -0.3 is 14.2 Å². The highest BCUT2D eigenvalue weighted by molar-refractivity contribution is 7.86. The van der Waals surface area contributed by atoms with Gasteiger partial charge >= 0.3 is 33.1 Å². The maximum atomic E-state index is 13.2. The van der Waals surface area contributed by atoms with Gasteiger partial charge in [0.05, 0.1) is 18.6 Å². The van der Waals surface area contributed by atoms with Crippen LogP contribution in [0.2, 0.25) is 0 Å². The molecule has 8 nitrogen and oxygen atoms in total. The Morgan fingerprint density at radius 2 is 1.62 bits per heavy atom. The number of carbonyl (C=O) groups excluding carboxylic acids is 2. The average Bonchev–Trinajstić information content (AvgIpc) is 2.50.